The number of rotatable bonds is 8. The van der Waals surface area contributed by atoms with Crippen molar-refractivity contribution < 1.29 is 8.42 Å². The predicted molar refractivity (Wildman–Crippen MR) is 127 cm³/mol. The van der Waals surface area contributed by atoms with E-state index in [4.69, 9.17) is 22.3 Å². The highest BCUT2D eigenvalue weighted by atomic mass is 35.5. The molecule has 3 aromatic heterocycles. The van der Waals surface area contributed by atoms with Crippen molar-refractivity contribution in [3.8, 4) is 11.4 Å². The number of aryl methyl sites for hydroxylation is 1. The highest BCUT2D eigenvalue weighted by molar-refractivity contribution is 7.89. The summed E-state index contributed by atoms with van der Waals surface area (Å²) in [7, 11) is -3.32. The van der Waals surface area contributed by atoms with Gasteiger partial charge in [-0.05, 0) is 25.3 Å². The van der Waals surface area contributed by atoms with Crippen molar-refractivity contribution in [1.82, 2.24) is 24.2 Å². The quantitative estimate of drug-likeness (QED) is 0.425. The number of unbranched alkanes of at least 4 members (excludes halogenated alkanes) is 1. The van der Waals surface area contributed by atoms with E-state index >= 15 is 0 Å². The van der Waals surface area contributed by atoms with E-state index in [0.29, 0.717) is 48.1 Å². The number of pyridine rings is 1. The fraction of sp³-hybridized carbons (Fsp3) is 0.476. The number of halogens is 1. The van der Waals surface area contributed by atoms with Gasteiger partial charge in [0.05, 0.1) is 17.3 Å². The molecule has 0 bridgehead atoms. The monoisotopic (exact) mass is 477 g/mol. The van der Waals surface area contributed by atoms with Crippen molar-refractivity contribution in [2.45, 2.75) is 45.2 Å². The molecule has 0 saturated carbocycles. The third-order valence-corrected chi connectivity index (χ3v) is 7.88. The van der Waals surface area contributed by atoms with Gasteiger partial charge in [-0.3, -0.25) is 0 Å². The van der Waals surface area contributed by atoms with Gasteiger partial charge in [0, 0.05) is 41.6 Å². The molecule has 32 heavy (non-hydrogen) atoms. The lowest BCUT2D eigenvalue weighted by Crippen LogP contribution is -2.51. The number of hydrogen-bond donors (Lipinski definition) is 3. The van der Waals surface area contributed by atoms with Crippen LogP contribution < -0.4 is 11.1 Å². The molecule has 4 rings (SSSR count). The molecule has 11 heteroatoms. The van der Waals surface area contributed by atoms with Gasteiger partial charge >= 0.3 is 0 Å². The molecule has 4 heterocycles. The second kappa shape index (κ2) is 8.93. The summed E-state index contributed by atoms with van der Waals surface area (Å²) in [5, 5.41) is 4.67. The summed E-state index contributed by atoms with van der Waals surface area (Å²) in [4.78, 5) is 16.7. The SMILES string of the molecule is CCCCS(=O)(=O)N1CC[C@@](N)(Nc2nc(-c3c[nH]c4ncc(Cl)cc34)ncc2CC)C1. The number of H-pyrrole nitrogens is 1. The number of sulfonamides is 1. The van der Waals surface area contributed by atoms with E-state index in [9.17, 15) is 8.42 Å². The summed E-state index contributed by atoms with van der Waals surface area (Å²) in [5.41, 5.74) is 8.08. The Labute approximate surface area is 192 Å². The first kappa shape index (κ1) is 22.9. The zero-order chi connectivity index (χ0) is 22.9. The molecule has 1 atom stereocenters. The maximum Gasteiger partial charge on any atom is 0.214 e. The molecule has 0 aromatic carbocycles. The molecule has 0 aliphatic carbocycles. The molecule has 4 N–H and O–H groups in total. The van der Waals surface area contributed by atoms with Crippen LogP contribution in [0.4, 0.5) is 5.82 Å². The van der Waals surface area contributed by atoms with Gasteiger partial charge in [-0.1, -0.05) is 31.9 Å². The first-order valence-corrected chi connectivity index (χ1v) is 12.8. The highest BCUT2D eigenvalue weighted by Crippen LogP contribution is 2.30. The Balaban J connectivity index is 1.62. The zero-order valence-electron chi connectivity index (χ0n) is 18.2. The standard InChI is InChI=1S/C21H28ClN7O2S/c1-3-5-8-32(30,31)29-7-6-21(23,13-29)28-18-14(4-2)10-24-20(27-18)17-12-26-19-16(17)9-15(22)11-25-19/h9-12H,3-8,13,23H2,1-2H3,(H,25,26)(H,24,27,28)/t21-/m1/s1. The Bertz CT molecular complexity index is 1230. The Morgan fingerprint density at radius 2 is 2.12 bits per heavy atom. The average molecular weight is 478 g/mol. The van der Waals surface area contributed by atoms with Crippen molar-refractivity contribution >= 4 is 38.5 Å². The van der Waals surface area contributed by atoms with Crippen LogP contribution in [0.1, 0.15) is 38.7 Å². The van der Waals surface area contributed by atoms with Gasteiger partial charge in [-0.2, -0.15) is 4.31 Å². The van der Waals surface area contributed by atoms with Crippen molar-refractivity contribution in [3.63, 3.8) is 0 Å². The minimum atomic E-state index is -3.32. The molecule has 1 aliphatic heterocycles. The smallest absolute Gasteiger partial charge is 0.214 e. The minimum absolute atomic E-state index is 0.147. The number of nitrogens with zero attached hydrogens (tertiary/aromatic N) is 4. The molecule has 172 valence electrons. The van der Waals surface area contributed by atoms with Crippen molar-refractivity contribution in [2.24, 2.45) is 5.73 Å². The van der Waals surface area contributed by atoms with Crippen LogP contribution in [0, 0.1) is 0 Å². The van der Waals surface area contributed by atoms with Crippen LogP contribution in [-0.2, 0) is 16.4 Å². The van der Waals surface area contributed by atoms with E-state index in [1.165, 1.54) is 4.31 Å². The third kappa shape index (κ3) is 4.59. The van der Waals surface area contributed by atoms with Gasteiger partial charge in [0.2, 0.25) is 10.0 Å². The maximum atomic E-state index is 12.6. The van der Waals surface area contributed by atoms with E-state index in [1.807, 2.05) is 19.9 Å². The summed E-state index contributed by atoms with van der Waals surface area (Å²) in [5.74, 6) is 1.26. The number of aromatic nitrogens is 4. The van der Waals surface area contributed by atoms with Crippen LogP contribution in [0.5, 0.6) is 0 Å². The van der Waals surface area contributed by atoms with Crippen LogP contribution >= 0.6 is 11.6 Å². The third-order valence-electron chi connectivity index (χ3n) is 5.77. The number of nitrogens with two attached hydrogens (primary N) is 1. The molecule has 0 unspecified atom stereocenters. The number of hydrogen-bond acceptors (Lipinski definition) is 7. The molecule has 1 saturated heterocycles. The number of fused-ring (bicyclic) bond motifs is 1. The lowest BCUT2D eigenvalue weighted by atomic mass is 10.1. The first-order valence-electron chi connectivity index (χ1n) is 10.8. The Morgan fingerprint density at radius 1 is 1.31 bits per heavy atom. The summed E-state index contributed by atoms with van der Waals surface area (Å²) in [6.45, 7) is 4.58. The number of aromatic amines is 1. The summed E-state index contributed by atoms with van der Waals surface area (Å²) in [6.07, 6.45) is 7.83. The zero-order valence-corrected chi connectivity index (χ0v) is 19.8. The van der Waals surface area contributed by atoms with Gasteiger partial charge in [0.15, 0.2) is 5.82 Å². The largest absolute Gasteiger partial charge is 0.351 e. The number of nitrogens with one attached hydrogen (secondary N) is 2. The molecule has 1 fully saturated rings. The van der Waals surface area contributed by atoms with Crippen LogP contribution in [0.2, 0.25) is 5.02 Å². The van der Waals surface area contributed by atoms with E-state index in [0.717, 1.165) is 22.9 Å². The predicted octanol–water partition coefficient (Wildman–Crippen LogP) is 3.14. The number of anilines is 1. The van der Waals surface area contributed by atoms with Crippen molar-refractivity contribution in [1.29, 1.82) is 0 Å². The van der Waals surface area contributed by atoms with Crippen LogP contribution in [0.3, 0.4) is 0 Å². The second-order valence-corrected chi connectivity index (χ2v) is 10.7. The molecule has 0 radical (unpaired) electrons. The van der Waals surface area contributed by atoms with Crippen LogP contribution in [-0.4, -0.2) is 57.2 Å². The van der Waals surface area contributed by atoms with Crippen molar-refractivity contribution in [3.05, 3.63) is 35.2 Å². The average Bonchev–Trinajstić information content (AvgIpc) is 3.36. The van der Waals surface area contributed by atoms with E-state index in [2.05, 4.69) is 20.3 Å². The molecular weight excluding hydrogens is 450 g/mol. The summed E-state index contributed by atoms with van der Waals surface area (Å²) in [6, 6.07) is 1.82. The van der Waals surface area contributed by atoms with Crippen molar-refractivity contribution in [2.75, 3.05) is 24.2 Å². The Morgan fingerprint density at radius 3 is 2.88 bits per heavy atom. The van der Waals surface area contributed by atoms with Gasteiger partial charge < -0.3 is 16.0 Å². The summed E-state index contributed by atoms with van der Waals surface area (Å²) < 4.78 is 26.7. The first-order chi connectivity index (χ1) is 15.2. The van der Waals surface area contributed by atoms with Gasteiger partial charge in [-0.15, -0.1) is 0 Å². The normalized spacial score (nSPS) is 19.6. The fourth-order valence-corrected chi connectivity index (χ4v) is 5.76. The van der Waals surface area contributed by atoms with E-state index in [-0.39, 0.29) is 12.3 Å². The van der Waals surface area contributed by atoms with E-state index in [1.54, 1.807) is 18.6 Å². The molecule has 9 nitrogen and oxygen atoms in total. The molecule has 0 amide bonds. The Hall–Kier alpha value is -2.27. The van der Waals surface area contributed by atoms with Gasteiger partial charge in [0.25, 0.3) is 0 Å². The molecule has 1 aliphatic rings. The second-order valence-electron chi connectivity index (χ2n) is 8.21. The molecular formula is C21H28ClN7O2S. The molecule has 0 spiro atoms. The lowest BCUT2D eigenvalue weighted by Gasteiger charge is -2.27. The van der Waals surface area contributed by atoms with Gasteiger partial charge in [-0.25, -0.2) is 23.4 Å². The highest BCUT2D eigenvalue weighted by Gasteiger charge is 2.40. The molecule has 3 aromatic rings. The minimum Gasteiger partial charge on any atom is -0.351 e. The maximum absolute atomic E-state index is 12.6. The lowest BCUT2D eigenvalue weighted by molar-refractivity contribution is 0.443. The van der Waals surface area contributed by atoms with E-state index < -0.39 is 15.7 Å². The Kier molecular flexibility index (Phi) is 6.39. The topological polar surface area (TPSA) is 130 Å². The summed E-state index contributed by atoms with van der Waals surface area (Å²) >= 11 is 6.13. The van der Waals surface area contributed by atoms with Crippen LogP contribution in [0.15, 0.2) is 24.7 Å². The van der Waals surface area contributed by atoms with Crippen LogP contribution in [0.25, 0.3) is 22.4 Å². The van der Waals surface area contributed by atoms with Gasteiger partial charge in [0.1, 0.15) is 17.1 Å². The fourth-order valence-electron chi connectivity index (χ4n) is 3.89.